The SMILES string of the molecule is C=CCOC12Oc3ccc(Oc4cccc([N+](=O)[O-])c4)cc3C3C(CCCCO)C(CCCCO)C=C(C(=NOCC)CC1N(CCC)C(=O)OCc1ccccc1)C32. The van der Waals surface area contributed by atoms with E-state index >= 15 is 0 Å². The maximum absolute atomic E-state index is 14.4. The van der Waals surface area contributed by atoms with Gasteiger partial charge in [0.05, 0.1) is 29.2 Å². The Hall–Kier alpha value is -5.24. The molecule has 0 bridgehead atoms. The van der Waals surface area contributed by atoms with Crippen molar-refractivity contribution in [2.45, 2.75) is 89.6 Å². The number of nitro groups is 1. The van der Waals surface area contributed by atoms with Gasteiger partial charge in [-0.1, -0.05) is 73.5 Å². The molecule has 2 aliphatic carbocycles. The minimum atomic E-state index is -1.43. The summed E-state index contributed by atoms with van der Waals surface area (Å²) in [5.41, 5.74) is 3.25. The number of oxime groups is 1. The van der Waals surface area contributed by atoms with Crippen molar-refractivity contribution in [3.63, 3.8) is 0 Å². The third-order valence-corrected chi connectivity index (χ3v) is 11.5. The van der Waals surface area contributed by atoms with Crippen LogP contribution < -0.4 is 9.47 Å². The maximum atomic E-state index is 14.4. The summed E-state index contributed by atoms with van der Waals surface area (Å²) >= 11 is 0. The molecule has 0 aromatic heterocycles. The second kappa shape index (κ2) is 20.6. The van der Waals surface area contributed by atoms with E-state index in [0.29, 0.717) is 55.4 Å². The zero-order chi connectivity index (χ0) is 41.8. The van der Waals surface area contributed by atoms with Gasteiger partial charge in [-0.2, -0.15) is 0 Å². The number of benzene rings is 3. The molecule has 2 N–H and O–H groups in total. The lowest BCUT2D eigenvalue weighted by Gasteiger charge is -2.59. The Morgan fingerprint density at radius 3 is 2.49 bits per heavy atom. The zero-order valence-corrected chi connectivity index (χ0v) is 34.1. The average Bonchev–Trinajstić information content (AvgIpc) is 3.25. The van der Waals surface area contributed by atoms with Gasteiger partial charge in [0.1, 0.15) is 36.5 Å². The average molecular weight is 812 g/mol. The molecule has 1 aliphatic heterocycles. The maximum Gasteiger partial charge on any atom is 0.410 e. The van der Waals surface area contributed by atoms with E-state index < -0.39 is 28.8 Å². The van der Waals surface area contributed by atoms with Crippen LogP contribution >= 0.6 is 0 Å². The van der Waals surface area contributed by atoms with Crippen LogP contribution in [0.4, 0.5) is 10.5 Å². The number of non-ortho nitro benzene ring substituents is 1. The van der Waals surface area contributed by atoms with Crippen LogP contribution in [-0.2, 0) is 20.9 Å². The van der Waals surface area contributed by atoms with Crippen LogP contribution in [0.1, 0.15) is 82.3 Å². The van der Waals surface area contributed by atoms with Gasteiger partial charge in [0.15, 0.2) is 0 Å². The van der Waals surface area contributed by atoms with Crippen molar-refractivity contribution in [2.75, 3.05) is 33.0 Å². The van der Waals surface area contributed by atoms with Crippen LogP contribution in [0.3, 0.4) is 0 Å². The molecule has 1 fully saturated rings. The van der Waals surface area contributed by atoms with Gasteiger partial charge in [-0.3, -0.25) is 15.0 Å². The van der Waals surface area contributed by atoms with E-state index in [2.05, 4.69) is 12.7 Å². The largest absolute Gasteiger partial charge is 0.459 e. The molecule has 0 radical (unpaired) electrons. The van der Waals surface area contributed by atoms with E-state index in [1.807, 2.05) is 56.3 Å². The van der Waals surface area contributed by atoms with E-state index in [9.17, 15) is 25.1 Å². The number of carbonyl (C=O) groups is 1. The summed E-state index contributed by atoms with van der Waals surface area (Å²) in [7, 11) is 0. The molecule has 13 nitrogen and oxygen atoms in total. The van der Waals surface area contributed by atoms with Gasteiger partial charge in [-0.25, -0.2) is 4.79 Å². The Kier molecular flexibility index (Phi) is 15.2. The molecule has 6 rings (SSSR count). The first-order valence-electron chi connectivity index (χ1n) is 20.9. The monoisotopic (exact) mass is 811 g/mol. The van der Waals surface area contributed by atoms with Crippen molar-refractivity contribution in [3.8, 4) is 17.2 Å². The third-order valence-electron chi connectivity index (χ3n) is 11.5. The number of hydrogen-bond acceptors (Lipinski definition) is 11. The number of fused-ring (bicyclic) bond motifs is 2. The van der Waals surface area contributed by atoms with Gasteiger partial charge in [-0.05, 0) is 86.3 Å². The lowest BCUT2D eigenvalue weighted by atomic mass is 9.55. The molecule has 0 saturated heterocycles. The van der Waals surface area contributed by atoms with Crippen molar-refractivity contribution in [1.82, 2.24) is 4.90 Å². The van der Waals surface area contributed by atoms with Crippen LogP contribution in [0, 0.1) is 27.9 Å². The molecule has 13 heteroatoms. The summed E-state index contributed by atoms with van der Waals surface area (Å²) in [5, 5.41) is 36.1. The van der Waals surface area contributed by atoms with Crippen LogP contribution in [0.2, 0.25) is 0 Å². The van der Waals surface area contributed by atoms with Gasteiger partial charge in [-0.15, -0.1) is 6.58 Å². The van der Waals surface area contributed by atoms with E-state index in [1.54, 1.807) is 29.2 Å². The number of rotatable bonds is 21. The lowest BCUT2D eigenvalue weighted by Crippen LogP contribution is -2.70. The van der Waals surface area contributed by atoms with E-state index in [1.165, 1.54) is 12.1 Å². The molecule has 59 heavy (non-hydrogen) atoms. The van der Waals surface area contributed by atoms with Gasteiger partial charge in [0, 0.05) is 43.7 Å². The van der Waals surface area contributed by atoms with Gasteiger partial charge in [0.25, 0.3) is 5.69 Å². The number of nitrogens with zero attached hydrogens (tertiary/aromatic N) is 3. The second-order valence-corrected chi connectivity index (χ2v) is 15.3. The molecule has 1 saturated carbocycles. The number of aliphatic hydroxyl groups excluding tert-OH is 2. The summed E-state index contributed by atoms with van der Waals surface area (Å²) < 4.78 is 26.6. The standard InChI is InChI=1S/C46H57N3O10/c1-4-23-48(45(52)55-31-32-15-8-7-9-16-32)42-30-40(47-57-6-3)38-27-33(17-10-12-24-50)37(20-11-13-25-51)43-39-29-36(58-35-19-14-18-34(28-35)49(53)54)21-22-41(39)59-46(42,44(38)43)56-26-5-2/h5,7-9,14-16,18-19,21-22,27-29,33,37,42-44,50-51H,2,4,6,10-13,17,20,23-26,30-31H2,1,3H3. The Labute approximate surface area is 346 Å². The highest BCUT2D eigenvalue weighted by Crippen LogP contribution is 2.62. The topological polar surface area (TPSA) is 162 Å². The Bertz CT molecular complexity index is 1950. The Balaban J connectivity index is 1.55. The molecular formula is C46H57N3O10. The quantitative estimate of drug-likeness (QED) is 0.0459. The first kappa shape index (κ1) is 43.3. The van der Waals surface area contributed by atoms with Crippen LogP contribution in [0.5, 0.6) is 17.2 Å². The summed E-state index contributed by atoms with van der Waals surface area (Å²) in [6.07, 6.45) is 8.78. The first-order valence-corrected chi connectivity index (χ1v) is 20.9. The molecule has 1 heterocycles. The summed E-state index contributed by atoms with van der Waals surface area (Å²) in [5.74, 6) is -0.796. The van der Waals surface area contributed by atoms with Crippen molar-refractivity contribution < 1.29 is 43.7 Å². The first-order chi connectivity index (χ1) is 28.8. The van der Waals surface area contributed by atoms with E-state index in [-0.39, 0.29) is 56.3 Å². The number of ether oxygens (including phenoxy) is 4. The van der Waals surface area contributed by atoms with Crippen molar-refractivity contribution in [1.29, 1.82) is 0 Å². The van der Waals surface area contributed by atoms with Gasteiger partial charge < -0.3 is 34.0 Å². The smallest absolute Gasteiger partial charge is 0.410 e. The predicted octanol–water partition coefficient (Wildman–Crippen LogP) is 9.09. The fourth-order valence-corrected chi connectivity index (χ4v) is 9.07. The van der Waals surface area contributed by atoms with E-state index in [0.717, 1.165) is 42.4 Å². The summed E-state index contributed by atoms with van der Waals surface area (Å²) in [6.45, 7) is 8.94. The second-order valence-electron chi connectivity index (χ2n) is 15.3. The van der Waals surface area contributed by atoms with Crippen molar-refractivity contribution in [2.24, 2.45) is 22.9 Å². The number of amides is 1. The Morgan fingerprint density at radius 1 is 1.02 bits per heavy atom. The van der Waals surface area contributed by atoms with Crippen LogP contribution in [0.15, 0.2) is 102 Å². The molecule has 6 atom stereocenters. The van der Waals surface area contributed by atoms with Gasteiger partial charge >= 0.3 is 6.09 Å². The minimum absolute atomic E-state index is 0.00756. The van der Waals surface area contributed by atoms with Gasteiger partial charge in [0.2, 0.25) is 5.79 Å². The minimum Gasteiger partial charge on any atom is -0.459 e. The summed E-state index contributed by atoms with van der Waals surface area (Å²) in [4.78, 5) is 33.1. The molecular weight excluding hydrogens is 755 g/mol. The third kappa shape index (κ3) is 9.80. The van der Waals surface area contributed by atoms with Crippen LogP contribution in [0.25, 0.3) is 0 Å². The molecule has 0 spiro atoms. The highest BCUT2D eigenvalue weighted by atomic mass is 16.7. The molecule has 316 valence electrons. The molecule has 3 aliphatic rings. The number of unbranched alkanes of at least 4 members (excludes halogenated alkanes) is 2. The summed E-state index contributed by atoms with van der Waals surface area (Å²) in [6, 6.07) is 20.5. The number of nitro benzene ring substituents is 1. The fourth-order valence-electron chi connectivity index (χ4n) is 9.07. The number of carbonyl (C=O) groups excluding carboxylic acids is 1. The molecule has 1 amide bonds. The molecule has 3 aromatic rings. The molecule has 3 aromatic carbocycles. The van der Waals surface area contributed by atoms with Crippen molar-refractivity contribution >= 4 is 17.5 Å². The number of hydrogen-bond donors (Lipinski definition) is 2. The zero-order valence-electron chi connectivity index (χ0n) is 34.1. The number of aliphatic hydroxyl groups is 2. The van der Waals surface area contributed by atoms with E-state index in [4.69, 9.17) is 28.9 Å². The Morgan fingerprint density at radius 2 is 1.78 bits per heavy atom. The fraction of sp³-hybridized carbons (Fsp3) is 0.478. The molecule has 6 unspecified atom stereocenters. The number of allylic oxidation sites excluding steroid dienone is 1. The highest BCUT2D eigenvalue weighted by molar-refractivity contribution is 6.03. The predicted molar refractivity (Wildman–Crippen MR) is 223 cm³/mol. The lowest BCUT2D eigenvalue weighted by molar-refractivity contribution is -0.384. The van der Waals surface area contributed by atoms with Crippen LogP contribution in [-0.4, -0.2) is 76.6 Å². The normalized spacial score (nSPS) is 23.6. The van der Waals surface area contributed by atoms with Crippen molar-refractivity contribution in [3.05, 3.63) is 118 Å². The highest BCUT2D eigenvalue weighted by Gasteiger charge is 2.65.